The number of halogens is 1. The molecule has 4 aromatic rings. The summed E-state index contributed by atoms with van der Waals surface area (Å²) in [5.74, 6) is -0.815. The first-order valence-corrected chi connectivity index (χ1v) is 16.8. The molecule has 0 aliphatic rings. The molecule has 0 aliphatic heterocycles. The van der Waals surface area contributed by atoms with Crippen LogP contribution in [-0.4, -0.2) is 43.8 Å². The maximum atomic E-state index is 14.6. The van der Waals surface area contributed by atoms with Crippen molar-refractivity contribution in [3.8, 4) is 0 Å². The van der Waals surface area contributed by atoms with E-state index in [9.17, 15) is 18.0 Å². The predicted octanol–water partition coefficient (Wildman–Crippen LogP) is 6.71. The molecule has 236 valence electrons. The van der Waals surface area contributed by atoms with Gasteiger partial charge in [-0.15, -0.1) is 0 Å². The van der Waals surface area contributed by atoms with Gasteiger partial charge in [-0.25, -0.2) is 8.42 Å². The van der Waals surface area contributed by atoms with E-state index in [0.717, 1.165) is 21.0 Å². The summed E-state index contributed by atoms with van der Waals surface area (Å²) < 4.78 is 29.5. The van der Waals surface area contributed by atoms with E-state index >= 15 is 0 Å². The van der Waals surface area contributed by atoms with Crippen molar-refractivity contribution in [3.05, 3.63) is 130 Å². The highest BCUT2D eigenvalue weighted by Crippen LogP contribution is 2.29. The number of rotatable bonds is 13. The van der Waals surface area contributed by atoms with E-state index in [1.807, 2.05) is 70.2 Å². The molecule has 0 aromatic heterocycles. The minimum Gasteiger partial charge on any atom is -0.352 e. The Hall–Kier alpha value is -4.14. The number of hydrogen-bond acceptors (Lipinski definition) is 4. The highest BCUT2D eigenvalue weighted by atomic mass is 35.5. The third kappa shape index (κ3) is 8.74. The van der Waals surface area contributed by atoms with E-state index in [-0.39, 0.29) is 29.8 Å². The molecule has 0 saturated heterocycles. The van der Waals surface area contributed by atoms with E-state index in [4.69, 9.17) is 11.6 Å². The molecular formula is C36H40ClN3O4S. The Bertz CT molecular complexity index is 1700. The third-order valence-corrected chi connectivity index (χ3v) is 9.81. The molecule has 0 spiro atoms. The van der Waals surface area contributed by atoms with Crippen LogP contribution in [0.2, 0.25) is 5.02 Å². The van der Waals surface area contributed by atoms with Crippen LogP contribution in [0, 0.1) is 13.8 Å². The normalized spacial score (nSPS) is 12.6. The van der Waals surface area contributed by atoms with Crippen LogP contribution < -0.4 is 9.62 Å². The number of anilines is 1. The fourth-order valence-corrected chi connectivity index (χ4v) is 6.62. The van der Waals surface area contributed by atoms with Crippen LogP contribution in [0.5, 0.6) is 0 Å². The van der Waals surface area contributed by atoms with Gasteiger partial charge in [-0.05, 0) is 79.8 Å². The summed E-state index contributed by atoms with van der Waals surface area (Å²) in [6, 6.07) is 29.1. The smallest absolute Gasteiger partial charge is 0.264 e. The Kier molecular flexibility index (Phi) is 11.4. The van der Waals surface area contributed by atoms with Crippen LogP contribution in [0.1, 0.15) is 42.5 Å². The van der Waals surface area contributed by atoms with Gasteiger partial charge in [-0.3, -0.25) is 13.9 Å². The molecule has 7 nitrogen and oxygen atoms in total. The second kappa shape index (κ2) is 15.2. The Morgan fingerprint density at radius 3 is 2.09 bits per heavy atom. The summed E-state index contributed by atoms with van der Waals surface area (Å²) in [6.45, 7) is 7.16. The fourth-order valence-electron chi connectivity index (χ4n) is 5.00. The van der Waals surface area contributed by atoms with E-state index in [1.165, 1.54) is 17.0 Å². The molecule has 0 saturated carbocycles. The molecule has 2 amide bonds. The van der Waals surface area contributed by atoms with Gasteiger partial charge < -0.3 is 10.2 Å². The monoisotopic (exact) mass is 645 g/mol. The standard InChI is InChI=1S/C36H40ClN3O4S/c1-5-28(4)38-36(42)34(23-29-12-8-6-9-13-29)39(24-30-18-20-31(37)21-19-30)35(41)25-40(33-22-26(2)16-17-27(33)3)45(43,44)32-14-10-7-11-15-32/h6-22,28,34H,5,23-25H2,1-4H3,(H,38,42)/t28-,34+/m0/s1. The minimum absolute atomic E-state index is 0.0679. The summed E-state index contributed by atoms with van der Waals surface area (Å²) in [4.78, 5) is 30.1. The Morgan fingerprint density at radius 1 is 0.844 bits per heavy atom. The van der Waals surface area contributed by atoms with Gasteiger partial charge in [0.2, 0.25) is 11.8 Å². The lowest BCUT2D eigenvalue weighted by molar-refractivity contribution is -0.140. The van der Waals surface area contributed by atoms with Crippen LogP contribution in [0.15, 0.2) is 108 Å². The van der Waals surface area contributed by atoms with Gasteiger partial charge in [-0.2, -0.15) is 0 Å². The SMILES string of the molecule is CC[C@H](C)NC(=O)[C@@H](Cc1ccccc1)N(Cc1ccc(Cl)cc1)C(=O)CN(c1cc(C)ccc1C)S(=O)(=O)c1ccccc1. The summed E-state index contributed by atoms with van der Waals surface area (Å²) >= 11 is 6.16. The van der Waals surface area contributed by atoms with Crippen molar-refractivity contribution in [1.29, 1.82) is 0 Å². The Morgan fingerprint density at radius 2 is 1.47 bits per heavy atom. The second-order valence-corrected chi connectivity index (χ2v) is 13.6. The zero-order valence-electron chi connectivity index (χ0n) is 26.1. The molecule has 0 radical (unpaired) electrons. The van der Waals surface area contributed by atoms with Crippen molar-refractivity contribution >= 4 is 39.1 Å². The molecule has 1 N–H and O–H groups in total. The molecule has 4 rings (SSSR count). The number of benzene rings is 4. The first kappa shape index (κ1) is 33.7. The van der Waals surface area contributed by atoms with Gasteiger partial charge in [0.15, 0.2) is 0 Å². The van der Waals surface area contributed by atoms with Gasteiger partial charge in [0, 0.05) is 24.0 Å². The van der Waals surface area contributed by atoms with Crippen molar-refractivity contribution in [2.24, 2.45) is 0 Å². The van der Waals surface area contributed by atoms with Gasteiger partial charge in [0.25, 0.3) is 10.0 Å². The van der Waals surface area contributed by atoms with Crippen molar-refractivity contribution < 1.29 is 18.0 Å². The summed E-state index contributed by atoms with van der Waals surface area (Å²) in [5, 5.41) is 3.60. The quantitative estimate of drug-likeness (QED) is 0.175. The number of amides is 2. The number of carbonyl (C=O) groups excluding carboxylic acids is 2. The van der Waals surface area contributed by atoms with Crippen molar-refractivity contribution in [2.45, 2.75) is 64.1 Å². The van der Waals surface area contributed by atoms with E-state index in [1.54, 1.807) is 48.5 Å². The zero-order chi connectivity index (χ0) is 32.6. The van der Waals surface area contributed by atoms with Crippen molar-refractivity contribution in [2.75, 3.05) is 10.8 Å². The fraction of sp³-hybridized carbons (Fsp3) is 0.278. The highest BCUT2D eigenvalue weighted by Gasteiger charge is 2.35. The van der Waals surface area contributed by atoms with E-state index < -0.39 is 28.5 Å². The number of hydrogen-bond donors (Lipinski definition) is 1. The molecule has 0 aliphatic carbocycles. The average molecular weight is 646 g/mol. The topological polar surface area (TPSA) is 86.8 Å². The molecule has 2 atom stereocenters. The highest BCUT2D eigenvalue weighted by molar-refractivity contribution is 7.92. The number of nitrogens with zero attached hydrogens (tertiary/aromatic N) is 2. The number of carbonyl (C=O) groups is 2. The second-order valence-electron chi connectivity index (χ2n) is 11.3. The predicted molar refractivity (Wildman–Crippen MR) is 181 cm³/mol. The van der Waals surface area contributed by atoms with Gasteiger partial charge in [0.05, 0.1) is 10.6 Å². The lowest BCUT2D eigenvalue weighted by Gasteiger charge is -2.34. The number of nitrogens with one attached hydrogen (secondary N) is 1. The summed E-state index contributed by atoms with van der Waals surface area (Å²) in [7, 11) is -4.16. The van der Waals surface area contributed by atoms with Gasteiger partial charge in [0.1, 0.15) is 12.6 Å². The molecule has 4 aromatic carbocycles. The largest absolute Gasteiger partial charge is 0.352 e. The van der Waals surface area contributed by atoms with Crippen molar-refractivity contribution in [1.82, 2.24) is 10.2 Å². The van der Waals surface area contributed by atoms with Crippen molar-refractivity contribution in [3.63, 3.8) is 0 Å². The summed E-state index contributed by atoms with van der Waals surface area (Å²) in [6.07, 6.45) is 0.960. The molecule has 0 heterocycles. The van der Waals surface area contributed by atoms with Gasteiger partial charge >= 0.3 is 0 Å². The van der Waals surface area contributed by atoms with Crippen LogP contribution in [-0.2, 0) is 32.6 Å². The molecule has 45 heavy (non-hydrogen) atoms. The molecular weight excluding hydrogens is 606 g/mol. The van der Waals surface area contributed by atoms with Crippen LogP contribution in [0.4, 0.5) is 5.69 Å². The first-order valence-electron chi connectivity index (χ1n) is 15.0. The first-order chi connectivity index (χ1) is 21.5. The Balaban J connectivity index is 1.83. The number of aryl methyl sites for hydroxylation is 2. The number of sulfonamides is 1. The van der Waals surface area contributed by atoms with Crippen LogP contribution in [0.25, 0.3) is 0 Å². The molecule has 0 unspecified atom stereocenters. The molecule has 0 bridgehead atoms. The maximum Gasteiger partial charge on any atom is 0.264 e. The molecule has 9 heteroatoms. The van der Waals surface area contributed by atoms with Crippen LogP contribution in [0.3, 0.4) is 0 Å². The van der Waals surface area contributed by atoms with Crippen LogP contribution >= 0.6 is 11.6 Å². The summed E-state index contributed by atoms with van der Waals surface area (Å²) in [5.41, 5.74) is 3.59. The van der Waals surface area contributed by atoms with Gasteiger partial charge in [-0.1, -0.05) is 91.3 Å². The maximum absolute atomic E-state index is 14.6. The van der Waals surface area contributed by atoms with E-state index in [2.05, 4.69) is 5.32 Å². The molecule has 0 fully saturated rings. The third-order valence-electron chi connectivity index (χ3n) is 7.78. The lowest BCUT2D eigenvalue weighted by atomic mass is 10.0. The Labute approximate surface area is 271 Å². The average Bonchev–Trinajstić information content (AvgIpc) is 3.04. The van der Waals surface area contributed by atoms with E-state index in [0.29, 0.717) is 22.7 Å². The lowest BCUT2D eigenvalue weighted by Crippen LogP contribution is -2.54. The minimum atomic E-state index is -4.16. The zero-order valence-corrected chi connectivity index (χ0v) is 27.7.